The summed E-state index contributed by atoms with van der Waals surface area (Å²) in [6, 6.07) is 12.8. The molecule has 1 aromatic heterocycles. The van der Waals surface area contributed by atoms with Crippen molar-refractivity contribution in [2.45, 2.75) is 26.2 Å². The Morgan fingerprint density at radius 3 is 2.48 bits per heavy atom. The van der Waals surface area contributed by atoms with Crippen molar-refractivity contribution in [1.82, 2.24) is 4.98 Å². The van der Waals surface area contributed by atoms with E-state index in [4.69, 9.17) is 4.74 Å². The number of pyridine rings is 1. The fourth-order valence-corrected chi connectivity index (χ4v) is 2.72. The van der Waals surface area contributed by atoms with Crippen LogP contribution < -0.4 is 4.74 Å². The minimum atomic E-state index is -0.300. The highest BCUT2D eigenvalue weighted by Crippen LogP contribution is 2.35. The van der Waals surface area contributed by atoms with Crippen LogP contribution in [0.1, 0.15) is 26.3 Å². The van der Waals surface area contributed by atoms with Gasteiger partial charge in [-0.2, -0.15) is 0 Å². The zero-order chi connectivity index (χ0) is 16.6. The quantitative estimate of drug-likeness (QED) is 0.637. The first kappa shape index (κ1) is 15.5. The van der Waals surface area contributed by atoms with Gasteiger partial charge in [0.1, 0.15) is 11.6 Å². The van der Waals surface area contributed by atoms with Crippen molar-refractivity contribution in [3.63, 3.8) is 0 Å². The second kappa shape index (κ2) is 5.65. The zero-order valence-electron chi connectivity index (χ0n) is 13.9. The fourth-order valence-electron chi connectivity index (χ4n) is 2.72. The molecule has 0 aliphatic rings. The SMILES string of the molecule is COc1ccc(F)cc1-c1nccc2cc(C(C)(C)C)ccc12. The Kier molecular flexibility index (Phi) is 3.80. The number of aromatic nitrogens is 1. The highest BCUT2D eigenvalue weighted by Gasteiger charge is 2.16. The van der Waals surface area contributed by atoms with Gasteiger partial charge in [-0.25, -0.2) is 4.39 Å². The van der Waals surface area contributed by atoms with E-state index < -0.39 is 0 Å². The maximum atomic E-state index is 13.7. The van der Waals surface area contributed by atoms with Crippen LogP contribution in [0, 0.1) is 5.82 Å². The molecular weight excluding hydrogens is 289 g/mol. The summed E-state index contributed by atoms with van der Waals surface area (Å²) in [6.07, 6.45) is 1.76. The number of hydrogen-bond acceptors (Lipinski definition) is 2. The molecule has 0 saturated carbocycles. The van der Waals surface area contributed by atoms with Crippen LogP contribution in [0.15, 0.2) is 48.7 Å². The standard InChI is InChI=1S/C20H20FNO/c1-20(2,3)14-5-7-16-13(11-14)9-10-22-19(16)17-12-15(21)6-8-18(17)23-4/h5-12H,1-4H3. The third-order valence-corrected chi connectivity index (χ3v) is 4.05. The monoisotopic (exact) mass is 309 g/mol. The lowest BCUT2D eigenvalue weighted by Crippen LogP contribution is -2.10. The Morgan fingerprint density at radius 2 is 1.78 bits per heavy atom. The molecule has 0 atom stereocenters. The van der Waals surface area contributed by atoms with Gasteiger partial charge in [-0.1, -0.05) is 39.0 Å². The first-order valence-corrected chi connectivity index (χ1v) is 7.63. The van der Waals surface area contributed by atoms with Gasteiger partial charge in [0.25, 0.3) is 0 Å². The van der Waals surface area contributed by atoms with Crippen molar-refractivity contribution in [1.29, 1.82) is 0 Å². The molecule has 118 valence electrons. The van der Waals surface area contributed by atoms with Gasteiger partial charge in [0.05, 0.1) is 12.8 Å². The van der Waals surface area contributed by atoms with Gasteiger partial charge >= 0.3 is 0 Å². The minimum Gasteiger partial charge on any atom is -0.496 e. The van der Waals surface area contributed by atoms with E-state index in [1.54, 1.807) is 19.4 Å². The number of benzene rings is 2. The molecule has 23 heavy (non-hydrogen) atoms. The van der Waals surface area contributed by atoms with Crippen LogP contribution in [-0.4, -0.2) is 12.1 Å². The number of halogens is 1. The molecule has 3 aromatic rings. The first-order chi connectivity index (χ1) is 10.9. The maximum absolute atomic E-state index is 13.7. The van der Waals surface area contributed by atoms with E-state index in [9.17, 15) is 4.39 Å². The number of hydrogen-bond donors (Lipinski definition) is 0. The smallest absolute Gasteiger partial charge is 0.128 e. The highest BCUT2D eigenvalue weighted by atomic mass is 19.1. The lowest BCUT2D eigenvalue weighted by atomic mass is 9.85. The molecule has 1 heterocycles. The minimum absolute atomic E-state index is 0.0775. The summed E-state index contributed by atoms with van der Waals surface area (Å²) in [5.74, 6) is 0.317. The molecule has 0 bridgehead atoms. The molecular formula is C20H20FNO. The third-order valence-electron chi connectivity index (χ3n) is 4.05. The summed E-state index contributed by atoms with van der Waals surface area (Å²) in [5, 5.41) is 2.08. The molecule has 0 N–H and O–H groups in total. The lowest BCUT2D eigenvalue weighted by molar-refractivity contribution is 0.415. The predicted molar refractivity (Wildman–Crippen MR) is 92.4 cm³/mol. The Hall–Kier alpha value is -2.42. The Labute approximate surface area is 135 Å². The molecule has 0 saturated heterocycles. The molecule has 0 amide bonds. The van der Waals surface area contributed by atoms with Crippen molar-refractivity contribution < 1.29 is 9.13 Å². The summed E-state index contributed by atoms with van der Waals surface area (Å²) < 4.78 is 19.1. The number of methoxy groups -OCH3 is 1. The maximum Gasteiger partial charge on any atom is 0.128 e. The zero-order valence-corrected chi connectivity index (χ0v) is 13.9. The van der Waals surface area contributed by atoms with Crippen LogP contribution in [0.2, 0.25) is 0 Å². The lowest BCUT2D eigenvalue weighted by Gasteiger charge is -2.20. The summed E-state index contributed by atoms with van der Waals surface area (Å²) in [5.41, 5.74) is 2.74. The topological polar surface area (TPSA) is 22.1 Å². The summed E-state index contributed by atoms with van der Waals surface area (Å²) in [7, 11) is 1.58. The number of rotatable bonds is 2. The average Bonchev–Trinajstić information content (AvgIpc) is 2.53. The van der Waals surface area contributed by atoms with Gasteiger partial charge in [-0.05, 0) is 40.6 Å². The molecule has 3 heteroatoms. The molecule has 3 rings (SSSR count). The normalized spacial score (nSPS) is 11.7. The molecule has 0 radical (unpaired) electrons. The van der Waals surface area contributed by atoms with E-state index >= 15 is 0 Å². The van der Waals surface area contributed by atoms with E-state index in [2.05, 4.69) is 44.0 Å². The van der Waals surface area contributed by atoms with Crippen LogP contribution in [0.4, 0.5) is 4.39 Å². The molecule has 0 aliphatic carbocycles. The number of fused-ring (bicyclic) bond motifs is 1. The summed E-state index contributed by atoms with van der Waals surface area (Å²) >= 11 is 0. The van der Waals surface area contributed by atoms with Gasteiger partial charge in [-0.15, -0.1) is 0 Å². The van der Waals surface area contributed by atoms with Gasteiger partial charge < -0.3 is 4.74 Å². The van der Waals surface area contributed by atoms with Gasteiger partial charge in [0, 0.05) is 17.1 Å². The molecule has 0 aliphatic heterocycles. The van der Waals surface area contributed by atoms with E-state index in [0.717, 1.165) is 16.5 Å². The van der Waals surface area contributed by atoms with Crippen LogP contribution in [-0.2, 0) is 5.41 Å². The highest BCUT2D eigenvalue weighted by molar-refractivity contribution is 5.96. The van der Waals surface area contributed by atoms with E-state index in [-0.39, 0.29) is 11.2 Å². The van der Waals surface area contributed by atoms with Crippen molar-refractivity contribution in [2.24, 2.45) is 0 Å². The molecule has 2 aromatic carbocycles. The van der Waals surface area contributed by atoms with Crippen molar-refractivity contribution in [3.05, 3.63) is 60.0 Å². The van der Waals surface area contributed by atoms with Crippen LogP contribution in [0.5, 0.6) is 5.75 Å². The van der Waals surface area contributed by atoms with E-state index in [1.807, 2.05) is 6.07 Å². The number of ether oxygens (including phenoxy) is 1. The number of nitrogens with zero attached hydrogens (tertiary/aromatic N) is 1. The van der Waals surface area contributed by atoms with Gasteiger partial charge in [-0.3, -0.25) is 4.98 Å². The summed E-state index contributed by atoms with van der Waals surface area (Å²) in [4.78, 5) is 4.47. The van der Waals surface area contributed by atoms with Crippen molar-refractivity contribution in [2.75, 3.05) is 7.11 Å². The van der Waals surface area contributed by atoms with Gasteiger partial charge in [0.15, 0.2) is 0 Å². The third kappa shape index (κ3) is 2.91. The average molecular weight is 309 g/mol. The second-order valence-electron chi connectivity index (χ2n) is 6.69. The fraction of sp³-hybridized carbons (Fsp3) is 0.250. The Bertz CT molecular complexity index is 865. The van der Waals surface area contributed by atoms with Crippen LogP contribution in [0.25, 0.3) is 22.0 Å². The van der Waals surface area contributed by atoms with Crippen molar-refractivity contribution in [3.8, 4) is 17.0 Å². The van der Waals surface area contributed by atoms with E-state index in [1.165, 1.54) is 17.7 Å². The predicted octanol–water partition coefficient (Wildman–Crippen LogP) is 5.35. The molecule has 2 nitrogen and oxygen atoms in total. The largest absolute Gasteiger partial charge is 0.496 e. The second-order valence-corrected chi connectivity index (χ2v) is 6.69. The van der Waals surface area contributed by atoms with Crippen LogP contribution in [0.3, 0.4) is 0 Å². The van der Waals surface area contributed by atoms with Crippen molar-refractivity contribution >= 4 is 10.8 Å². The molecule has 0 fully saturated rings. The van der Waals surface area contributed by atoms with E-state index in [0.29, 0.717) is 11.3 Å². The van der Waals surface area contributed by atoms with Crippen LogP contribution >= 0.6 is 0 Å². The Balaban J connectivity index is 2.25. The van der Waals surface area contributed by atoms with Gasteiger partial charge in [0.2, 0.25) is 0 Å². The first-order valence-electron chi connectivity index (χ1n) is 7.63. The summed E-state index contributed by atoms with van der Waals surface area (Å²) in [6.45, 7) is 6.56. The molecule has 0 unspecified atom stereocenters. The Morgan fingerprint density at radius 1 is 1.00 bits per heavy atom. The molecule has 0 spiro atoms.